The van der Waals surface area contributed by atoms with Crippen LogP contribution in [0.2, 0.25) is 0 Å². The van der Waals surface area contributed by atoms with E-state index in [4.69, 9.17) is 4.74 Å². The number of amides is 2. The van der Waals surface area contributed by atoms with E-state index in [0.29, 0.717) is 15.8 Å². The summed E-state index contributed by atoms with van der Waals surface area (Å²) in [7, 11) is 0. The predicted octanol–water partition coefficient (Wildman–Crippen LogP) is 3.89. The Balaban J connectivity index is 1.48. The summed E-state index contributed by atoms with van der Waals surface area (Å²) < 4.78 is 5.79. The van der Waals surface area contributed by atoms with Crippen LogP contribution in [0.5, 0.6) is 5.75 Å². The number of likely N-dealkylation sites (tertiary alicyclic amines) is 1. The van der Waals surface area contributed by atoms with Gasteiger partial charge in [0.25, 0.3) is 11.8 Å². The van der Waals surface area contributed by atoms with Crippen molar-refractivity contribution in [3.8, 4) is 5.75 Å². The Labute approximate surface area is 180 Å². The van der Waals surface area contributed by atoms with Crippen LogP contribution in [-0.2, 0) is 9.59 Å². The topological polar surface area (TPSA) is 71.0 Å². The van der Waals surface area contributed by atoms with Crippen LogP contribution in [0.15, 0.2) is 58.4 Å². The molecule has 0 radical (unpaired) electrons. The fourth-order valence-corrected chi connectivity index (χ4v) is 4.17. The zero-order chi connectivity index (χ0) is 20.9. The molecule has 1 N–H and O–H groups in total. The molecule has 30 heavy (non-hydrogen) atoms. The minimum absolute atomic E-state index is 0.000478. The average Bonchev–Trinajstić information content (AvgIpc) is 3.39. The Morgan fingerprint density at radius 3 is 2.70 bits per heavy atom. The molecule has 4 rings (SSSR count). The van der Waals surface area contributed by atoms with Crippen molar-refractivity contribution < 1.29 is 14.3 Å². The summed E-state index contributed by atoms with van der Waals surface area (Å²) in [5.74, 6) is 0.376. The van der Waals surface area contributed by atoms with Crippen LogP contribution >= 0.6 is 11.8 Å². The predicted molar refractivity (Wildman–Crippen MR) is 120 cm³/mol. The number of benzene rings is 2. The Bertz CT molecular complexity index is 1030. The normalized spacial score (nSPS) is 18.8. The number of hydrogen-bond acceptors (Lipinski definition) is 5. The lowest BCUT2D eigenvalue weighted by atomic mass is 10.2. The first kappa shape index (κ1) is 20.2. The van der Waals surface area contributed by atoms with Crippen LogP contribution in [0, 0.1) is 6.92 Å². The molecule has 0 unspecified atom stereocenters. The van der Waals surface area contributed by atoms with Crippen LogP contribution in [0.4, 0.5) is 5.69 Å². The van der Waals surface area contributed by atoms with Gasteiger partial charge in [0.1, 0.15) is 5.75 Å². The van der Waals surface area contributed by atoms with Gasteiger partial charge < -0.3 is 15.0 Å². The first-order valence-corrected chi connectivity index (χ1v) is 10.8. The lowest BCUT2D eigenvalue weighted by Crippen LogP contribution is -2.32. The smallest absolute Gasteiger partial charge is 0.264 e. The molecule has 2 fully saturated rings. The molecular formula is C23H23N3O3S. The lowest BCUT2D eigenvalue weighted by Gasteiger charge is -2.16. The Hall–Kier alpha value is -3.06. The molecule has 0 aliphatic carbocycles. The van der Waals surface area contributed by atoms with Gasteiger partial charge in [0.2, 0.25) is 0 Å². The summed E-state index contributed by atoms with van der Waals surface area (Å²) in [4.78, 5) is 31.6. The maximum atomic E-state index is 12.4. The highest BCUT2D eigenvalue weighted by Crippen LogP contribution is 2.31. The van der Waals surface area contributed by atoms with Gasteiger partial charge in [-0.2, -0.15) is 0 Å². The van der Waals surface area contributed by atoms with E-state index in [1.54, 1.807) is 6.08 Å². The number of carbonyl (C=O) groups excluding carboxylic acids is 2. The molecule has 2 aliphatic rings. The maximum Gasteiger partial charge on any atom is 0.264 e. The van der Waals surface area contributed by atoms with Crippen LogP contribution in [-0.4, -0.2) is 41.6 Å². The fraction of sp³-hybridized carbons (Fsp3) is 0.261. The molecule has 2 aromatic rings. The Morgan fingerprint density at radius 1 is 1.17 bits per heavy atom. The third-order valence-electron chi connectivity index (χ3n) is 5.00. The van der Waals surface area contributed by atoms with Crippen molar-refractivity contribution in [2.24, 2.45) is 4.99 Å². The van der Waals surface area contributed by atoms with Gasteiger partial charge in [-0.1, -0.05) is 36.4 Å². The van der Waals surface area contributed by atoms with Crippen LogP contribution in [0.1, 0.15) is 24.0 Å². The zero-order valence-electron chi connectivity index (χ0n) is 16.8. The number of amidine groups is 1. The van der Waals surface area contributed by atoms with Gasteiger partial charge in [-0.25, -0.2) is 4.99 Å². The zero-order valence-corrected chi connectivity index (χ0v) is 17.6. The molecule has 154 valence electrons. The second-order valence-electron chi connectivity index (χ2n) is 7.18. The molecule has 0 spiro atoms. The number of carbonyl (C=O) groups is 2. The van der Waals surface area contributed by atoms with E-state index in [0.717, 1.165) is 42.7 Å². The molecule has 6 nitrogen and oxygen atoms in total. The third-order valence-corrected chi connectivity index (χ3v) is 5.91. The molecule has 2 amide bonds. The molecular weight excluding hydrogens is 398 g/mol. The number of hydrogen-bond donors (Lipinski definition) is 1. The molecule has 2 heterocycles. The van der Waals surface area contributed by atoms with Gasteiger partial charge >= 0.3 is 0 Å². The van der Waals surface area contributed by atoms with Gasteiger partial charge in [0.05, 0.1) is 10.6 Å². The lowest BCUT2D eigenvalue weighted by molar-refractivity contribution is -0.132. The Morgan fingerprint density at radius 2 is 1.90 bits per heavy atom. The van der Waals surface area contributed by atoms with Crippen molar-refractivity contribution in [1.29, 1.82) is 0 Å². The van der Waals surface area contributed by atoms with E-state index < -0.39 is 0 Å². The van der Waals surface area contributed by atoms with Crippen molar-refractivity contribution in [1.82, 2.24) is 10.2 Å². The standard InChI is InChI=1S/C23H23N3O3S/c1-16-8-2-4-10-18(16)24-23-25-22(28)20(30-23)14-17-9-3-5-11-19(17)29-15-21(27)26-12-6-7-13-26/h2-5,8-11,14H,6-7,12-13,15H2,1H3,(H,24,25,28)/b20-14+. The number of aliphatic imine (C=N–C) groups is 1. The highest BCUT2D eigenvalue weighted by atomic mass is 32.2. The summed E-state index contributed by atoms with van der Waals surface area (Å²) in [5, 5.41) is 3.36. The van der Waals surface area contributed by atoms with Crippen molar-refractivity contribution in [3.05, 3.63) is 64.6 Å². The number of nitrogens with one attached hydrogen (secondary N) is 1. The van der Waals surface area contributed by atoms with Crippen molar-refractivity contribution in [2.75, 3.05) is 19.7 Å². The van der Waals surface area contributed by atoms with Crippen molar-refractivity contribution in [3.63, 3.8) is 0 Å². The van der Waals surface area contributed by atoms with Gasteiger partial charge in [-0.3, -0.25) is 9.59 Å². The molecule has 2 aliphatic heterocycles. The SMILES string of the molecule is Cc1ccccc1N=C1NC(=O)/C(=C\c2ccccc2OCC(=O)N2CCCC2)S1. The van der Waals surface area contributed by atoms with Crippen molar-refractivity contribution >= 4 is 40.5 Å². The first-order valence-electron chi connectivity index (χ1n) is 9.95. The van der Waals surface area contributed by atoms with E-state index in [1.165, 1.54) is 11.8 Å². The summed E-state index contributed by atoms with van der Waals surface area (Å²) >= 11 is 1.29. The molecule has 0 bridgehead atoms. The third kappa shape index (κ3) is 4.74. The van der Waals surface area contributed by atoms with E-state index >= 15 is 0 Å². The first-order chi connectivity index (χ1) is 14.6. The Kier molecular flexibility index (Phi) is 6.18. The second-order valence-corrected chi connectivity index (χ2v) is 8.21. The monoisotopic (exact) mass is 421 g/mol. The molecule has 0 atom stereocenters. The number of rotatable bonds is 5. The quantitative estimate of drug-likeness (QED) is 0.744. The fourth-order valence-electron chi connectivity index (χ4n) is 3.35. The average molecular weight is 422 g/mol. The van der Waals surface area contributed by atoms with Crippen LogP contribution < -0.4 is 10.1 Å². The van der Waals surface area contributed by atoms with Crippen molar-refractivity contribution in [2.45, 2.75) is 19.8 Å². The molecule has 2 saturated heterocycles. The van der Waals surface area contributed by atoms with Gasteiger partial charge in [0.15, 0.2) is 11.8 Å². The largest absolute Gasteiger partial charge is 0.483 e. The number of para-hydroxylation sites is 2. The minimum atomic E-state index is -0.199. The van der Waals surface area contributed by atoms with Crippen LogP contribution in [0.3, 0.4) is 0 Å². The number of thioether (sulfide) groups is 1. The highest BCUT2D eigenvalue weighted by Gasteiger charge is 2.24. The highest BCUT2D eigenvalue weighted by molar-refractivity contribution is 8.18. The summed E-state index contributed by atoms with van der Waals surface area (Å²) in [6.45, 7) is 3.58. The molecule has 7 heteroatoms. The second kappa shape index (κ2) is 9.17. The summed E-state index contributed by atoms with van der Waals surface area (Å²) in [6, 6.07) is 15.2. The number of nitrogens with zero attached hydrogens (tertiary/aromatic N) is 2. The maximum absolute atomic E-state index is 12.4. The van der Waals surface area contributed by atoms with Gasteiger partial charge in [-0.05, 0) is 55.3 Å². The molecule has 0 saturated carbocycles. The summed E-state index contributed by atoms with van der Waals surface area (Å²) in [5.41, 5.74) is 2.62. The number of aryl methyl sites for hydroxylation is 1. The number of ether oxygens (including phenoxy) is 1. The van der Waals surface area contributed by atoms with E-state index in [9.17, 15) is 9.59 Å². The van der Waals surface area contributed by atoms with Crippen LogP contribution in [0.25, 0.3) is 6.08 Å². The molecule has 0 aromatic heterocycles. The minimum Gasteiger partial charge on any atom is -0.483 e. The van der Waals surface area contributed by atoms with Gasteiger partial charge in [0, 0.05) is 18.7 Å². The molecule has 2 aromatic carbocycles. The van der Waals surface area contributed by atoms with E-state index in [2.05, 4.69) is 10.3 Å². The summed E-state index contributed by atoms with van der Waals surface area (Å²) in [6.07, 6.45) is 3.87. The van der Waals surface area contributed by atoms with E-state index in [-0.39, 0.29) is 18.4 Å². The van der Waals surface area contributed by atoms with E-state index in [1.807, 2.05) is 60.4 Å². The van der Waals surface area contributed by atoms with Gasteiger partial charge in [-0.15, -0.1) is 0 Å².